The Balaban J connectivity index is 1.29. The number of benzene rings is 2. The van der Waals surface area contributed by atoms with E-state index in [0.717, 1.165) is 24.2 Å². The number of anilines is 1. The fourth-order valence-electron chi connectivity index (χ4n) is 3.32. The number of ether oxygens (including phenoxy) is 2. The van der Waals surface area contributed by atoms with Crippen molar-refractivity contribution in [3.05, 3.63) is 53.8 Å². The first kappa shape index (κ1) is 18.6. The van der Waals surface area contributed by atoms with Gasteiger partial charge in [0.2, 0.25) is 5.91 Å². The summed E-state index contributed by atoms with van der Waals surface area (Å²) in [6, 6.07) is 12.7. The summed E-state index contributed by atoms with van der Waals surface area (Å²) in [4.78, 5) is 13.1. The molecule has 2 fully saturated rings. The monoisotopic (exact) mass is 384 g/mol. The Labute approximate surface area is 164 Å². The van der Waals surface area contributed by atoms with Gasteiger partial charge in [0.25, 0.3) is 0 Å². The van der Waals surface area contributed by atoms with Crippen LogP contribution in [-0.4, -0.2) is 31.2 Å². The first-order chi connectivity index (χ1) is 13.5. The van der Waals surface area contributed by atoms with Crippen molar-refractivity contribution in [3.8, 4) is 11.5 Å². The van der Waals surface area contributed by atoms with Crippen molar-refractivity contribution < 1.29 is 18.7 Å². The molecule has 2 aliphatic rings. The molecule has 1 heterocycles. The molecule has 0 unspecified atom stereocenters. The van der Waals surface area contributed by atoms with Crippen molar-refractivity contribution in [3.63, 3.8) is 0 Å². The van der Waals surface area contributed by atoms with E-state index in [2.05, 4.69) is 5.32 Å². The van der Waals surface area contributed by atoms with Gasteiger partial charge in [-0.25, -0.2) is 4.39 Å². The summed E-state index contributed by atoms with van der Waals surface area (Å²) in [6.07, 6.45) is 2.41. The summed E-state index contributed by atoms with van der Waals surface area (Å²) in [7, 11) is 0. The van der Waals surface area contributed by atoms with Crippen LogP contribution in [0.1, 0.15) is 38.3 Å². The van der Waals surface area contributed by atoms with Crippen LogP contribution in [-0.2, 0) is 4.79 Å². The summed E-state index contributed by atoms with van der Waals surface area (Å²) in [5.74, 6) is 1.07. The van der Waals surface area contributed by atoms with Gasteiger partial charge in [0.1, 0.15) is 23.4 Å². The van der Waals surface area contributed by atoms with E-state index >= 15 is 0 Å². The molecule has 1 saturated carbocycles. The molecule has 1 atom stereocenters. The zero-order chi connectivity index (χ0) is 19.7. The number of rotatable bonds is 7. The van der Waals surface area contributed by atoms with Crippen molar-refractivity contribution in [2.24, 2.45) is 0 Å². The van der Waals surface area contributed by atoms with E-state index in [1.54, 1.807) is 6.07 Å². The maximum absolute atomic E-state index is 14.4. The van der Waals surface area contributed by atoms with E-state index in [-0.39, 0.29) is 30.0 Å². The van der Waals surface area contributed by atoms with Crippen molar-refractivity contribution in [2.75, 3.05) is 18.0 Å². The van der Waals surface area contributed by atoms with E-state index in [0.29, 0.717) is 24.5 Å². The molecule has 2 aromatic carbocycles. The molecule has 0 spiro atoms. The lowest BCUT2D eigenvalue weighted by atomic mass is 10.1. The average molecular weight is 384 g/mol. The maximum Gasteiger partial charge on any atom is 0.217 e. The molecular formula is C22H25FN2O3. The molecule has 4 rings (SSSR count). The molecule has 0 bridgehead atoms. The van der Waals surface area contributed by atoms with Gasteiger partial charge in [-0.3, -0.25) is 4.79 Å². The largest absolute Gasteiger partial charge is 0.490 e. The minimum absolute atomic E-state index is 0.0282. The molecule has 1 saturated heterocycles. The maximum atomic E-state index is 14.4. The summed E-state index contributed by atoms with van der Waals surface area (Å²) >= 11 is 0. The predicted octanol–water partition coefficient (Wildman–Crippen LogP) is 3.83. The molecule has 1 aliphatic heterocycles. The van der Waals surface area contributed by atoms with Gasteiger partial charge in [0, 0.05) is 13.0 Å². The van der Waals surface area contributed by atoms with Crippen LogP contribution in [0.4, 0.5) is 10.1 Å². The van der Waals surface area contributed by atoms with E-state index in [4.69, 9.17) is 9.47 Å². The Kier molecular flexibility index (Phi) is 5.11. The lowest BCUT2D eigenvalue weighted by molar-refractivity contribution is -0.119. The van der Waals surface area contributed by atoms with Crippen molar-refractivity contribution in [1.82, 2.24) is 5.32 Å². The van der Waals surface area contributed by atoms with Crippen LogP contribution in [0.15, 0.2) is 42.5 Å². The molecule has 0 radical (unpaired) electrons. The summed E-state index contributed by atoms with van der Waals surface area (Å²) < 4.78 is 26.0. The highest BCUT2D eigenvalue weighted by molar-refractivity contribution is 5.73. The smallest absolute Gasteiger partial charge is 0.217 e. The van der Waals surface area contributed by atoms with Gasteiger partial charge in [0.15, 0.2) is 0 Å². The number of nitrogens with one attached hydrogen (secondary N) is 1. The number of halogens is 1. The number of carbonyl (C=O) groups is 1. The van der Waals surface area contributed by atoms with Gasteiger partial charge in [0.05, 0.1) is 30.9 Å². The molecule has 1 N–H and O–H groups in total. The zero-order valence-corrected chi connectivity index (χ0v) is 16.2. The molecule has 6 heteroatoms. The van der Waals surface area contributed by atoms with Gasteiger partial charge < -0.3 is 19.7 Å². The fourth-order valence-corrected chi connectivity index (χ4v) is 3.32. The van der Waals surface area contributed by atoms with Crippen molar-refractivity contribution in [2.45, 2.75) is 44.9 Å². The quantitative estimate of drug-likeness (QED) is 0.788. The summed E-state index contributed by atoms with van der Waals surface area (Å²) in [6.45, 7) is 4.73. The second-order valence-electron chi connectivity index (χ2n) is 7.57. The molecular weight excluding hydrogens is 359 g/mol. The van der Waals surface area contributed by atoms with Crippen LogP contribution in [0, 0.1) is 5.82 Å². The number of amides is 1. The number of carbonyl (C=O) groups excluding carboxylic acids is 1. The average Bonchev–Trinajstić information content (AvgIpc) is 3.42. The van der Waals surface area contributed by atoms with Gasteiger partial charge >= 0.3 is 0 Å². The van der Waals surface area contributed by atoms with Crippen LogP contribution < -0.4 is 19.7 Å². The molecule has 1 aliphatic carbocycles. The highest BCUT2D eigenvalue weighted by Crippen LogP contribution is 2.32. The summed E-state index contributed by atoms with van der Waals surface area (Å²) in [5.41, 5.74) is 1.61. The molecule has 1 amide bonds. The van der Waals surface area contributed by atoms with E-state index in [1.165, 1.54) is 13.0 Å². The fraction of sp³-hybridized carbons (Fsp3) is 0.409. The Morgan fingerprint density at radius 1 is 1.07 bits per heavy atom. The topological polar surface area (TPSA) is 50.8 Å². The Bertz CT molecular complexity index is 845. The standard InChI is InChI=1S/C22H25FN2O3/c1-14(24-15(2)26)16-3-5-17(6-4-16)28-20-12-25(13-20)22-10-9-19(11-21(22)23)27-18-7-8-18/h3-6,9-11,14,18,20H,7-8,12-13H2,1-2H3,(H,24,26)/t14-/m0/s1. The molecule has 5 nitrogen and oxygen atoms in total. The van der Waals surface area contributed by atoms with Crippen LogP contribution in [0.3, 0.4) is 0 Å². The second kappa shape index (κ2) is 7.70. The van der Waals surface area contributed by atoms with Gasteiger partial charge in [-0.1, -0.05) is 12.1 Å². The molecule has 28 heavy (non-hydrogen) atoms. The second-order valence-corrected chi connectivity index (χ2v) is 7.57. The van der Waals surface area contributed by atoms with Crippen LogP contribution in [0.5, 0.6) is 11.5 Å². The van der Waals surface area contributed by atoms with E-state index in [9.17, 15) is 9.18 Å². The van der Waals surface area contributed by atoms with Crippen LogP contribution in [0.25, 0.3) is 0 Å². The SMILES string of the molecule is CC(=O)N[C@@H](C)c1ccc(OC2CN(c3ccc(OC4CC4)cc3F)C2)cc1. The third-order valence-corrected chi connectivity index (χ3v) is 5.04. The minimum atomic E-state index is -0.257. The normalized spacial score (nSPS) is 17.6. The highest BCUT2D eigenvalue weighted by Gasteiger charge is 2.31. The lowest BCUT2D eigenvalue weighted by Gasteiger charge is -2.40. The van der Waals surface area contributed by atoms with Gasteiger partial charge in [-0.15, -0.1) is 0 Å². The van der Waals surface area contributed by atoms with Gasteiger partial charge in [-0.2, -0.15) is 0 Å². The third kappa shape index (κ3) is 4.38. The lowest BCUT2D eigenvalue weighted by Crippen LogP contribution is -2.54. The number of nitrogens with zero attached hydrogens (tertiary/aromatic N) is 1. The minimum Gasteiger partial charge on any atom is -0.490 e. The zero-order valence-electron chi connectivity index (χ0n) is 16.2. The third-order valence-electron chi connectivity index (χ3n) is 5.04. The van der Waals surface area contributed by atoms with E-state index in [1.807, 2.05) is 42.2 Å². The molecule has 2 aromatic rings. The van der Waals surface area contributed by atoms with E-state index < -0.39 is 0 Å². The Morgan fingerprint density at radius 2 is 1.71 bits per heavy atom. The van der Waals surface area contributed by atoms with Crippen LogP contribution >= 0.6 is 0 Å². The Morgan fingerprint density at radius 3 is 2.32 bits per heavy atom. The molecule has 148 valence electrons. The van der Waals surface area contributed by atoms with Gasteiger partial charge in [-0.05, 0) is 49.6 Å². The predicted molar refractivity (Wildman–Crippen MR) is 105 cm³/mol. The number of hydrogen-bond acceptors (Lipinski definition) is 4. The van der Waals surface area contributed by atoms with Crippen LogP contribution in [0.2, 0.25) is 0 Å². The first-order valence-corrected chi connectivity index (χ1v) is 9.73. The first-order valence-electron chi connectivity index (χ1n) is 9.73. The highest BCUT2D eigenvalue weighted by atomic mass is 19.1. The van der Waals surface area contributed by atoms with Crippen molar-refractivity contribution >= 4 is 11.6 Å². The summed E-state index contributed by atoms with van der Waals surface area (Å²) in [5, 5.41) is 2.86. The number of hydrogen-bond donors (Lipinski definition) is 1. The van der Waals surface area contributed by atoms with Crippen molar-refractivity contribution in [1.29, 1.82) is 0 Å². The Hall–Kier alpha value is -2.76. The molecule has 0 aromatic heterocycles.